The van der Waals surface area contributed by atoms with Gasteiger partial charge < -0.3 is 5.32 Å². The maximum atomic E-state index is 11.7. The molecule has 0 radical (unpaired) electrons. The van der Waals surface area contributed by atoms with Gasteiger partial charge >= 0.3 is 0 Å². The van der Waals surface area contributed by atoms with Gasteiger partial charge in [-0.25, -0.2) is 0 Å². The fraction of sp³-hybridized carbons (Fsp3) is 0.556. The Hall–Kier alpha value is -0.970. The SMILES string of the molecule is Cc1nn(C)c(C)c1C(=O)NCCS. The van der Waals surface area contributed by atoms with E-state index >= 15 is 0 Å². The highest BCUT2D eigenvalue weighted by Crippen LogP contribution is 2.11. The molecule has 0 saturated carbocycles. The molecule has 0 atom stereocenters. The second-order valence-corrected chi connectivity index (χ2v) is 3.60. The molecule has 1 aromatic rings. The third-order valence-electron chi connectivity index (χ3n) is 2.13. The Kier molecular flexibility index (Phi) is 3.57. The lowest BCUT2D eigenvalue weighted by atomic mass is 10.2. The van der Waals surface area contributed by atoms with Crippen LogP contribution in [0.2, 0.25) is 0 Å². The molecule has 1 rings (SSSR count). The number of amides is 1. The van der Waals surface area contributed by atoms with E-state index in [2.05, 4.69) is 23.0 Å². The summed E-state index contributed by atoms with van der Waals surface area (Å²) in [4.78, 5) is 11.7. The zero-order chi connectivity index (χ0) is 10.7. The third kappa shape index (κ3) is 2.09. The number of aryl methyl sites for hydroxylation is 2. The highest BCUT2D eigenvalue weighted by molar-refractivity contribution is 7.80. The Morgan fingerprint density at radius 3 is 2.64 bits per heavy atom. The molecule has 14 heavy (non-hydrogen) atoms. The molecule has 0 fully saturated rings. The van der Waals surface area contributed by atoms with Crippen molar-refractivity contribution >= 4 is 18.5 Å². The van der Waals surface area contributed by atoms with Crippen LogP contribution in [-0.4, -0.2) is 28.0 Å². The summed E-state index contributed by atoms with van der Waals surface area (Å²) >= 11 is 4.03. The monoisotopic (exact) mass is 213 g/mol. The molecule has 0 unspecified atom stereocenters. The summed E-state index contributed by atoms with van der Waals surface area (Å²) in [7, 11) is 1.83. The predicted molar refractivity (Wildman–Crippen MR) is 58.9 cm³/mol. The van der Waals surface area contributed by atoms with Crippen LogP contribution in [0.25, 0.3) is 0 Å². The van der Waals surface area contributed by atoms with Gasteiger partial charge in [-0.05, 0) is 13.8 Å². The number of thiol groups is 1. The Bertz CT molecular complexity index is 346. The van der Waals surface area contributed by atoms with Crippen LogP contribution in [0.1, 0.15) is 21.7 Å². The van der Waals surface area contributed by atoms with Gasteiger partial charge in [-0.15, -0.1) is 0 Å². The Balaban J connectivity index is 2.89. The van der Waals surface area contributed by atoms with E-state index in [1.807, 2.05) is 20.9 Å². The first kappa shape index (κ1) is 11.1. The number of carbonyl (C=O) groups excluding carboxylic acids is 1. The highest BCUT2D eigenvalue weighted by atomic mass is 32.1. The summed E-state index contributed by atoms with van der Waals surface area (Å²) in [5.41, 5.74) is 2.33. The Labute approximate surface area is 89.1 Å². The van der Waals surface area contributed by atoms with Crippen LogP contribution in [0, 0.1) is 13.8 Å². The molecule has 5 heteroatoms. The largest absolute Gasteiger partial charge is 0.351 e. The van der Waals surface area contributed by atoms with Crippen LogP contribution in [0.3, 0.4) is 0 Å². The van der Waals surface area contributed by atoms with Crippen molar-refractivity contribution in [3.8, 4) is 0 Å². The molecular formula is C9H15N3OS. The highest BCUT2D eigenvalue weighted by Gasteiger charge is 2.16. The molecule has 0 saturated heterocycles. The second kappa shape index (κ2) is 4.50. The lowest BCUT2D eigenvalue weighted by Gasteiger charge is -2.02. The molecule has 78 valence electrons. The summed E-state index contributed by atoms with van der Waals surface area (Å²) in [5, 5.41) is 6.95. The number of nitrogens with zero attached hydrogens (tertiary/aromatic N) is 2. The van der Waals surface area contributed by atoms with Gasteiger partial charge in [0.1, 0.15) is 0 Å². The molecule has 0 bridgehead atoms. The average molecular weight is 213 g/mol. The summed E-state index contributed by atoms with van der Waals surface area (Å²) in [5.74, 6) is 0.576. The topological polar surface area (TPSA) is 46.9 Å². The van der Waals surface area contributed by atoms with Crippen molar-refractivity contribution in [2.45, 2.75) is 13.8 Å². The molecule has 0 spiro atoms. The molecule has 0 aliphatic carbocycles. The van der Waals surface area contributed by atoms with Crippen molar-refractivity contribution in [2.75, 3.05) is 12.3 Å². The van der Waals surface area contributed by atoms with Gasteiger partial charge in [0, 0.05) is 25.0 Å². The number of hydrogen-bond acceptors (Lipinski definition) is 3. The number of nitrogens with one attached hydrogen (secondary N) is 1. The van der Waals surface area contributed by atoms with E-state index in [0.29, 0.717) is 17.9 Å². The minimum Gasteiger partial charge on any atom is -0.351 e. The van der Waals surface area contributed by atoms with E-state index in [4.69, 9.17) is 0 Å². The minimum atomic E-state index is -0.0675. The molecule has 1 N–H and O–H groups in total. The molecule has 1 amide bonds. The van der Waals surface area contributed by atoms with E-state index in [9.17, 15) is 4.79 Å². The van der Waals surface area contributed by atoms with Crippen LogP contribution in [0.15, 0.2) is 0 Å². The van der Waals surface area contributed by atoms with Gasteiger partial charge in [0.25, 0.3) is 5.91 Å². The normalized spacial score (nSPS) is 10.3. The van der Waals surface area contributed by atoms with Gasteiger partial charge in [-0.3, -0.25) is 9.48 Å². The molecule has 1 heterocycles. The predicted octanol–water partition coefficient (Wildman–Crippen LogP) is 0.697. The second-order valence-electron chi connectivity index (χ2n) is 3.15. The summed E-state index contributed by atoms with van der Waals surface area (Å²) < 4.78 is 1.71. The van der Waals surface area contributed by atoms with E-state index in [0.717, 1.165) is 11.4 Å². The fourth-order valence-electron chi connectivity index (χ4n) is 1.36. The van der Waals surface area contributed by atoms with Gasteiger partial charge in [0.05, 0.1) is 11.3 Å². The zero-order valence-corrected chi connectivity index (χ0v) is 9.56. The van der Waals surface area contributed by atoms with Crippen LogP contribution in [0.4, 0.5) is 0 Å². The smallest absolute Gasteiger partial charge is 0.255 e. The number of aromatic nitrogens is 2. The van der Waals surface area contributed by atoms with Crippen LogP contribution >= 0.6 is 12.6 Å². The summed E-state index contributed by atoms with van der Waals surface area (Å²) in [6.45, 7) is 4.30. The number of carbonyl (C=O) groups is 1. The zero-order valence-electron chi connectivity index (χ0n) is 8.66. The van der Waals surface area contributed by atoms with E-state index in [1.54, 1.807) is 4.68 Å². The lowest BCUT2D eigenvalue weighted by molar-refractivity contribution is 0.0955. The van der Waals surface area contributed by atoms with Crippen molar-refractivity contribution in [2.24, 2.45) is 7.05 Å². The van der Waals surface area contributed by atoms with Crippen LogP contribution in [0.5, 0.6) is 0 Å². The average Bonchev–Trinajstić information content (AvgIpc) is 2.38. The van der Waals surface area contributed by atoms with E-state index in [1.165, 1.54) is 0 Å². The van der Waals surface area contributed by atoms with Gasteiger partial charge in [0.2, 0.25) is 0 Å². The number of hydrogen-bond donors (Lipinski definition) is 2. The van der Waals surface area contributed by atoms with Gasteiger partial charge in [-0.2, -0.15) is 17.7 Å². The minimum absolute atomic E-state index is 0.0675. The van der Waals surface area contributed by atoms with E-state index in [-0.39, 0.29) is 5.91 Å². The van der Waals surface area contributed by atoms with Crippen molar-refractivity contribution < 1.29 is 4.79 Å². The first-order valence-corrected chi connectivity index (χ1v) is 5.10. The first-order chi connectivity index (χ1) is 6.57. The van der Waals surface area contributed by atoms with Crippen LogP contribution < -0.4 is 5.32 Å². The van der Waals surface area contributed by atoms with Crippen LogP contribution in [-0.2, 0) is 7.05 Å². The molecule has 1 aromatic heterocycles. The fourth-order valence-corrected chi connectivity index (χ4v) is 1.47. The Morgan fingerprint density at radius 1 is 1.57 bits per heavy atom. The van der Waals surface area contributed by atoms with Crippen molar-refractivity contribution in [3.05, 3.63) is 17.0 Å². The van der Waals surface area contributed by atoms with Crippen molar-refractivity contribution in [1.82, 2.24) is 15.1 Å². The molecule has 4 nitrogen and oxygen atoms in total. The summed E-state index contributed by atoms with van der Waals surface area (Å²) in [6, 6.07) is 0. The summed E-state index contributed by atoms with van der Waals surface area (Å²) in [6.07, 6.45) is 0. The molecule has 0 aliphatic heterocycles. The molecule has 0 aromatic carbocycles. The molecular weight excluding hydrogens is 198 g/mol. The maximum Gasteiger partial charge on any atom is 0.255 e. The Morgan fingerprint density at radius 2 is 2.21 bits per heavy atom. The van der Waals surface area contributed by atoms with Crippen molar-refractivity contribution in [3.63, 3.8) is 0 Å². The maximum absolute atomic E-state index is 11.7. The quantitative estimate of drug-likeness (QED) is 0.726. The lowest BCUT2D eigenvalue weighted by Crippen LogP contribution is -2.26. The molecule has 0 aliphatic rings. The van der Waals surface area contributed by atoms with Gasteiger partial charge in [0.15, 0.2) is 0 Å². The van der Waals surface area contributed by atoms with Crippen molar-refractivity contribution in [1.29, 1.82) is 0 Å². The standard InChI is InChI=1S/C9H15N3OS/c1-6-8(7(2)12(3)11-6)9(13)10-4-5-14/h14H,4-5H2,1-3H3,(H,10,13). The van der Waals surface area contributed by atoms with E-state index < -0.39 is 0 Å². The number of rotatable bonds is 3. The first-order valence-electron chi connectivity index (χ1n) is 4.47. The third-order valence-corrected chi connectivity index (χ3v) is 2.36. The van der Waals surface area contributed by atoms with Gasteiger partial charge in [-0.1, -0.05) is 0 Å².